The zero-order valence-corrected chi connectivity index (χ0v) is 12.8. The first-order valence-electron chi connectivity index (χ1n) is 4.31. The maximum absolute atomic E-state index is 9.01. The fraction of sp³-hybridized carbons (Fsp3) is 0.500. The van der Waals surface area contributed by atoms with Crippen molar-refractivity contribution in [1.82, 2.24) is 0 Å². The largest absolute Gasteiger partial charge is 4.00 e. The Bertz CT molecular complexity index is 222. The summed E-state index contributed by atoms with van der Waals surface area (Å²) in [6.07, 6.45) is 0. The monoisotopic (exact) mass is 390 g/mol. The molecule has 13 heteroatoms. The molecule has 12 nitrogen and oxygen atoms in total. The van der Waals surface area contributed by atoms with Gasteiger partial charge in [-0.25, -0.2) is 0 Å². The standard InChI is InChI=1S/4C2H4O3.Zr/c4*3-1-2(4)5;/h4*3H,1H2,(H,4,5);/q;;;;+4/p-4. The van der Waals surface area contributed by atoms with E-state index in [0.29, 0.717) is 0 Å². The Kier molecular flexibility index (Phi) is 41.0. The fourth-order valence-corrected chi connectivity index (χ4v) is 0. The molecule has 0 unspecified atom stereocenters. The molecule has 0 aromatic rings. The third kappa shape index (κ3) is 118. The van der Waals surface area contributed by atoms with Gasteiger partial charge in [-0.2, -0.15) is 0 Å². The molecule has 21 heavy (non-hydrogen) atoms. The molecule has 0 heterocycles. The number of aliphatic carboxylic acids is 4. The number of rotatable bonds is 4. The minimum absolute atomic E-state index is 0. The van der Waals surface area contributed by atoms with Crippen LogP contribution >= 0.6 is 0 Å². The number of hydrogen-bond donors (Lipinski definition) is 4. The zero-order valence-electron chi connectivity index (χ0n) is 10.4. The van der Waals surface area contributed by atoms with Gasteiger partial charge in [0.1, 0.15) is 0 Å². The first kappa shape index (κ1) is 31.8. The van der Waals surface area contributed by atoms with E-state index in [1.54, 1.807) is 0 Å². The van der Waals surface area contributed by atoms with Gasteiger partial charge in [-0.1, -0.05) is 0 Å². The molecule has 4 N–H and O–H groups in total. The Balaban J connectivity index is -0.0000000533. The molecule has 0 rings (SSSR count). The average Bonchev–Trinajstić information content (AvgIpc) is 2.40. The van der Waals surface area contributed by atoms with E-state index >= 15 is 0 Å². The topological polar surface area (TPSA) is 241 Å². The molecule has 0 saturated carbocycles. The van der Waals surface area contributed by atoms with E-state index in [4.69, 9.17) is 60.0 Å². The minimum Gasteiger partial charge on any atom is -0.548 e. The van der Waals surface area contributed by atoms with Gasteiger partial charge in [0.2, 0.25) is 0 Å². The minimum atomic E-state index is -1.44. The van der Waals surface area contributed by atoms with Crippen molar-refractivity contribution < 1.29 is 86.2 Å². The Labute approximate surface area is 137 Å². The van der Waals surface area contributed by atoms with Gasteiger partial charge in [-0.3, -0.25) is 0 Å². The number of carboxylic acid groups (broad SMARTS) is 4. The maximum Gasteiger partial charge on any atom is 4.00 e. The van der Waals surface area contributed by atoms with Gasteiger partial charge in [0, 0.05) is 0 Å². The van der Waals surface area contributed by atoms with Gasteiger partial charge in [-0.05, 0) is 0 Å². The van der Waals surface area contributed by atoms with E-state index in [9.17, 15) is 0 Å². The number of carboxylic acids is 4. The number of carbonyl (C=O) groups excluding carboxylic acids is 4. The number of aliphatic hydroxyl groups excluding tert-OH is 4. The van der Waals surface area contributed by atoms with E-state index < -0.39 is 50.3 Å². The molecule has 0 aliphatic rings. The smallest absolute Gasteiger partial charge is 0.548 e. The second-order valence-electron chi connectivity index (χ2n) is 2.12. The third-order valence-electron chi connectivity index (χ3n) is 0.516. The summed E-state index contributed by atoms with van der Waals surface area (Å²) in [7, 11) is 0. The van der Waals surface area contributed by atoms with Gasteiger partial charge >= 0.3 is 26.2 Å². The molecule has 0 spiro atoms. The molecule has 120 valence electrons. The second-order valence-corrected chi connectivity index (χ2v) is 2.12. The molecule has 0 bridgehead atoms. The maximum atomic E-state index is 9.01. The molecule has 0 aliphatic heterocycles. The quantitative estimate of drug-likeness (QED) is 0.349. The van der Waals surface area contributed by atoms with Crippen LogP contribution in [0.4, 0.5) is 0 Å². The summed E-state index contributed by atoms with van der Waals surface area (Å²) >= 11 is 0. The van der Waals surface area contributed by atoms with E-state index in [1.165, 1.54) is 0 Å². The van der Waals surface area contributed by atoms with Crippen LogP contribution in [-0.4, -0.2) is 70.7 Å². The van der Waals surface area contributed by atoms with Crippen LogP contribution in [0.2, 0.25) is 0 Å². The molecule has 0 fully saturated rings. The number of aliphatic hydroxyl groups is 4. The number of hydrogen-bond acceptors (Lipinski definition) is 12. The summed E-state index contributed by atoms with van der Waals surface area (Å²) in [4.78, 5) is 36.0. The van der Waals surface area contributed by atoms with E-state index in [0.717, 1.165) is 0 Å². The van der Waals surface area contributed by atoms with Crippen LogP contribution in [0.5, 0.6) is 0 Å². The third-order valence-corrected chi connectivity index (χ3v) is 0.516. The van der Waals surface area contributed by atoms with Crippen molar-refractivity contribution in [3.05, 3.63) is 0 Å². The van der Waals surface area contributed by atoms with Crippen LogP contribution < -0.4 is 20.4 Å². The van der Waals surface area contributed by atoms with Gasteiger partial charge in [0.25, 0.3) is 0 Å². The first-order chi connectivity index (χ1) is 9.08. The predicted molar refractivity (Wildman–Crippen MR) is 48.4 cm³/mol. The van der Waals surface area contributed by atoms with Crippen molar-refractivity contribution >= 4 is 23.9 Å². The summed E-state index contributed by atoms with van der Waals surface area (Å²) in [5.41, 5.74) is 0. The van der Waals surface area contributed by atoms with Crippen molar-refractivity contribution in [2.24, 2.45) is 0 Å². The normalized spacial score (nSPS) is 7.05. The Morgan fingerprint density at radius 3 is 0.571 bits per heavy atom. The molecule has 0 aromatic carbocycles. The molecule has 0 amide bonds. The van der Waals surface area contributed by atoms with Gasteiger partial charge in [0.05, 0.1) is 50.3 Å². The molecule has 0 saturated heterocycles. The average molecular weight is 391 g/mol. The van der Waals surface area contributed by atoms with Crippen molar-refractivity contribution in [1.29, 1.82) is 0 Å². The van der Waals surface area contributed by atoms with Gasteiger partial charge in [-0.15, -0.1) is 0 Å². The first-order valence-corrected chi connectivity index (χ1v) is 4.31. The molecule has 0 atom stereocenters. The fourth-order valence-electron chi connectivity index (χ4n) is 0. The Morgan fingerprint density at radius 2 is 0.571 bits per heavy atom. The SMILES string of the molecule is O=C([O-])CO.O=C([O-])CO.O=C([O-])CO.O=C([O-])CO.[Zr+4]. The van der Waals surface area contributed by atoms with Crippen LogP contribution in [0.3, 0.4) is 0 Å². The molecule has 0 radical (unpaired) electrons. The summed E-state index contributed by atoms with van der Waals surface area (Å²) in [5.74, 6) is -5.76. The van der Waals surface area contributed by atoms with Crippen LogP contribution in [0, 0.1) is 0 Å². The number of carbonyl (C=O) groups is 4. The van der Waals surface area contributed by atoms with E-state index in [1.807, 2.05) is 0 Å². The van der Waals surface area contributed by atoms with Gasteiger partial charge < -0.3 is 60.0 Å². The molecular weight excluding hydrogens is 379 g/mol. The molecule has 0 aliphatic carbocycles. The van der Waals surface area contributed by atoms with Crippen molar-refractivity contribution in [2.45, 2.75) is 0 Å². The van der Waals surface area contributed by atoms with Crippen LogP contribution in [0.25, 0.3) is 0 Å². The van der Waals surface area contributed by atoms with Crippen molar-refractivity contribution in [3.8, 4) is 0 Å². The molecule has 0 aromatic heterocycles. The zero-order chi connectivity index (χ0) is 17.1. The summed E-state index contributed by atoms with van der Waals surface area (Å²) < 4.78 is 0. The van der Waals surface area contributed by atoms with E-state index in [2.05, 4.69) is 0 Å². The van der Waals surface area contributed by atoms with Gasteiger partial charge in [0.15, 0.2) is 0 Å². The van der Waals surface area contributed by atoms with E-state index in [-0.39, 0.29) is 26.2 Å². The van der Waals surface area contributed by atoms with Crippen LogP contribution in [0.15, 0.2) is 0 Å². The Morgan fingerprint density at radius 1 is 0.524 bits per heavy atom. The second kappa shape index (κ2) is 27.0. The summed E-state index contributed by atoms with van der Waals surface area (Å²) in [6, 6.07) is 0. The predicted octanol–water partition coefficient (Wildman–Crippen LogP) is -9.09. The van der Waals surface area contributed by atoms with Crippen molar-refractivity contribution in [2.75, 3.05) is 26.4 Å². The van der Waals surface area contributed by atoms with Crippen LogP contribution in [-0.2, 0) is 45.4 Å². The Hall–Kier alpha value is -1.40. The van der Waals surface area contributed by atoms with Crippen LogP contribution in [0.1, 0.15) is 0 Å². The summed E-state index contributed by atoms with van der Waals surface area (Å²) in [5, 5.41) is 66.0. The summed E-state index contributed by atoms with van der Waals surface area (Å²) in [6.45, 7) is -3.56. The molecular formula is C8H12O12Zr. The van der Waals surface area contributed by atoms with Crippen molar-refractivity contribution in [3.63, 3.8) is 0 Å².